The molecular weight excluding hydrogens is 182 g/mol. The fourth-order valence-electron chi connectivity index (χ4n) is 0.253. The van der Waals surface area contributed by atoms with Crippen molar-refractivity contribution < 1.29 is 4.92 Å². The second-order valence-corrected chi connectivity index (χ2v) is 1.34. The van der Waals surface area contributed by atoms with E-state index >= 15 is 0 Å². The Morgan fingerprint density at radius 3 is 1.43 bits per heavy atom. The van der Waals surface area contributed by atoms with E-state index in [1.165, 1.54) is 6.33 Å². The number of aromatic nitrogens is 2. The van der Waals surface area contributed by atoms with Crippen LogP contribution in [0, 0.1) is 10.1 Å². The Morgan fingerprint density at radius 1 is 1.07 bits per heavy atom. The van der Waals surface area contributed by atoms with Gasteiger partial charge in [0.1, 0.15) is 6.33 Å². The summed E-state index contributed by atoms with van der Waals surface area (Å²) in [6.07, 6.45) is 4.88. The zero-order valence-corrected chi connectivity index (χ0v) is 9.47. The molecule has 5 heteroatoms. The molecule has 5 nitrogen and oxygen atoms in total. The molecule has 0 saturated heterocycles. The Kier molecular flexibility index (Phi) is 29.5. The van der Waals surface area contributed by atoms with Gasteiger partial charge in [-0.2, -0.15) is 0 Å². The van der Waals surface area contributed by atoms with E-state index in [2.05, 4.69) is 9.97 Å². The van der Waals surface area contributed by atoms with Gasteiger partial charge in [-0.3, -0.25) is 10.1 Å². The van der Waals surface area contributed by atoms with E-state index in [9.17, 15) is 0 Å². The fourth-order valence-corrected chi connectivity index (χ4v) is 0.253. The Morgan fingerprint density at radius 2 is 1.36 bits per heavy atom. The van der Waals surface area contributed by atoms with Gasteiger partial charge in [-0.15, -0.1) is 0 Å². The van der Waals surface area contributed by atoms with Crippen molar-refractivity contribution in [2.24, 2.45) is 0 Å². The molecule has 1 aromatic rings. The average molecular weight is 201 g/mol. The third-order valence-corrected chi connectivity index (χ3v) is 0.478. The molecule has 0 radical (unpaired) electrons. The molecule has 0 aliphatic rings. The summed E-state index contributed by atoms with van der Waals surface area (Å²) < 4.78 is 0. The minimum Gasteiger partial charge on any atom is -0.265 e. The van der Waals surface area contributed by atoms with Gasteiger partial charge in [0.15, 0.2) is 7.05 Å². The van der Waals surface area contributed by atoms with Crippen LogP contribution in [0.3, 0.4) is 0 Å². The second-order valence-electron chi connectivity index (χ2n) is 1.34. The third kappa shape index (κ3) is 46.9. The zero-order chi connectivity index (χ0) is 11.8. The summed E-state index contributed by atoms with van der Waals surface area (Å²) in [7, 11) is 0.889. The van der Waals surface area contributed by atoms with E-state index in [1.807, 2.05) is 27.7 Å². The fraction of sp³-hybridized carbons (Fsp3) is 0.556. The molecule has 0 aromatic carbocycles. The lowest BCUT2D eigenvalue weighted by molar-refractivity contribution is -0.445. The van der Waals surface area contributed by atoms with E-state index in [1.54, 1.807) is 18.5 Å². The van der Waals surface area contributed by atoms with Crippen molar-refractivity contribution in [3.8, 4) is 0 Å². The summed E-state index contributed by atoms with van der Waals surface area (Å²) in [5.41, 5.74) is 0. The lowest BCUT2D eigenvalue weighted by Gasteiger charge is -1.70. The van der Waals surface area contributed by atoms with Gasteiger partial charge in [-0.25, -0.2) is 9.97 Å². The average Bonchev–Trinajstić information content (AvgIpc) is 2.25. The first-order valence-electron chi connectivity index (χ1n) is 4.51. The molecule has 0 amide bonds. The van der Waals surface area contributed by atoms with Crippen LogP contribution in [-0.2, 0) is 0 Å². The van der Waals surface area contributed by atoms with Crippen LogP contribution in [0.4, 0.5) is 0 Å². The van der Waals surface area contributed by atoms with Crippen molar-refractivity contribution in [1.82, 2.24) is 9.97 Å². The number of hydrogen-bond acceptors (Lipinski definition) is 4. The van der Waals surface area contributed by atoms with E-state index in [0.29, 0.717) is 0 Å². The molecule has 0 aliphatic carbocycles. The Bertz CT molecular complexity index is 150. The first-order valence-corrected chi connectivity index (χ1v) is 4.51. The maximum Gasteiger partial charge on any atom is 0.194 e. The molecule has 1 aromatic heterocycles. The first-order chi connectivity index (χ1) is 6.73. The van der Waals surface area contributed by atoms with Crippen molar-refractivity contribution in [2.45, 2.75) is 27.7 Å². The Hall–Kier alpha value is -1.52. The third-order valence-electron chi connectivity index (χ3n) is 0.478. The maximum absolute atomic E-state index is 8.81. The van der Waals surface area contributed by atoms with Gasteiger partial charge in [0.2, 0.25) is 0 Å². The predicted molar refractivity (Wildman–Crippen MR) is 57.6 cm³/mol. The molecule has 1 heterocycles. The van der Waals surface area contributed by atoms with Gasteiger partial charge >= 0.3 is 0 Å². The standard InChI is InChI=1S/C4H4N2.2C2H6.CH3NO2/c1-2-5-4-6-3-1;2*1-2;1-2(3)4/h1-4H;2*1-2H3;1H3. The van der Waals surface area contributed by atoms with Gasteiger partial charge in [0.25, 0.3) is 0 Å². The van der Waals surface area contributed by atoms with Crippen LogP contribution in [0.15, 0.2) is 24.8 Å². The molecule has 0 atom stereocenters. The number of nitro groups is 1. The molecule has 1 rings (SSSR count). The van der Waals surface area contributed by atoms with Crippen molar-refractivity contribution >= 4 is 0 Å². The van der Waals surface area contributed by atoms with Crippen molar-refractivity contribution in [3.63, 3.8) is 0 Å². The maximum atomic E-state index is 8.81. The molecule has 0 fully saturated rings. The number of rotatable bonds is 0. The summed E-state index contributed by atoms with van der Waals surface area (Å²) in [5.74, 6) is 0. The first kappa shape index (κ1) is 18.3. The Balaban J connectivity index is -0.000000134. The zero-order valence-electron chi connectivity index (χ0n) is 9.47. The summed E-state index contributed by atoms with van der Waals surface area (Å²) >= 11 is 0. The quantitative estimate of drug-likeness (QED) is 0.477. The highest BCUT2D eigenvalue weighted by atomic mass is 16.6. The minimum atomic E-state index is -0.500. The predicted octanol–water partition coefficient (Wildman–Crippen LogP) is 2.42. The molecule has 0 bridgehead atoms. The molecule has 0 spiro atoms. The summed E-state index contributed by atoms with van der Waals surface area (Å²) in [6, 6.07) is 1.78. The highest BCUT2D eigenvalue weighted by molar-refractivity contribution is 4.74. The van der Waals surface area contributed by atoms with Crippen LogP contribution < -0.4 is 0 Å². The van der Waals surface area contributed by atoms with Crippen LogP contribution in [-0.4, -0.2) is 21.9 Å². The van der Waals surface area contributed by atoms with Crippen LogP contribution in [0.5, 0.6) is 0 Å². The van der Waals surface area contributed by atoms with Crippen molar-refractivity contribution in [1.29, 1.82) is 0 Å². The topological polar surface area (TPSA) is 68.9 Å². The minimum absolute atomic E-state index is 0.500. The van der Waals surface area contributed by atoms with Crippen LogP contribution in [0.1, 0.15) is 27.7 Å². The normalized spacial score (nSPS) is 6.07. The van der Waals surface area contributed by atoms with Gasteiger partial charge in [0, 0.05) is 17.3 Å². The van der Waals surface area contributed by atoms with Gasteiger partial charge in [-0.05, 0) is 6.07 Å². The van der Waals surface area contributed by atoms with Crippen molar-refractivity contribution in [2.75, 3.05) is 7.05 Å². The molecule has 0 aliphatic heterocycles. The van der Waals surface area contributed by atoms with E-state index in [4.69, 9.17) is 10.1 Å². The SMILES string of the molecule is CC.CC.C[N+](=O)[O-].c1cncnc1. The van der Waals surface area contributed by atoms with E-state index in [-0.39, 0.29) is 0 Å². The lowest BCUT2D eigenvalue weighted by atomic mass is 10.7. The highest BCUT2D eigenvalue weighted by Crippen LogP contribution is 1.66. The van der Waals surface area contributed by atoms with Gasteiger partial charge in [0.05, 0.1) is 0 Å². The smallest absolute Gasteiger partial charge is 0.194 e. The summed E-state index contributed by atoms with van der Waals surface area (Å²) in [6.45, 7) is 8.00. The van der Waals surface area contributed by atoms with Gasteiger partial charge in [-0.1, -0.05) is 27.7 Å². The molecule has 0 N–H and O–H groups in total. The van der Waals surface area contributed by atoms with Crippen LogP contribution in [0.25, 0.3) is 0 Å². The summed E-state index contributed by atoms with van der Waals surface area (Å²) in [4.78, 5) is 15.7. The van der Waals surface area contributed by atoms with Gasteiger partial charge < -0.3 is 0 Å². The van der Waals surface area contributed by atoms with E-state index in [0.717, 1.165) is 7.05 Å². The molecule has 0 saturated carbocycles. The summed E-state index contributed by atoms with van der Waals surface area (Å²) in [5, 5.41) is 8.81. The lowest BCUT2D eigenvalue weighted by Crippen LogP contribution is -1.79. The molecule has 14 heavy (non-hydrogen) atoms. The molecule has 0 unspecified atom stereocenters. The number of hydrogen-bond donors (Lipinski definition) is 0. The largest absolute Gasteiger partial charge is 0.265 e. The Labute approximate surface area is 85.4 Å². The number of nitrogens with zero attached hydrogens (tertiary/aromatic N) is 3. The highest BCUT2D eigenvalue weighted by Gasteiger charge is 1.59. The van der Waals surface area contributed by atoms with E-state index < -0.39 is 4.92 Å². The monoisotopic (exact) mass is 201 g/mol. The molecule has 82 valence electrons. The second kappa shape index (κ2) is 22.5. The van der Waals surface area contributed by atoms with Crippen molar-refractivity contribution in [3.05, 3.63) is 34.9 Å². The van der Waals surface area contributed by atoms with Crippen LogP contribution >= 0.6 is 0 Å². The van der Waals surface area contributed by atoms with Crippen LogP contribution in [0.2, 0.25) is 0 Å². The molecular formula is C9H19N3O2.